The maximum Gasteiger partial charge on any atom is 0.314 e. The molecule has 24 heavy (non-hydrogen) atoms. The van der Waals surface area contributed by atoms with Gasteiger partial charge in [0.25, 0.3) is 0 Å². The summed E-state index contributed by atoms with van der Waals surface area (Å²) in [5.41, 5.74) is 2.49. The number of aliphatic hydroxyl groups is 1. The minimum atomic E-state index is -0.348. The van der Waals surface area contributed by atoms with Gasteiger partial charge in [-0.25, -0.2) is 4.79 Å². The average Bonchev–Trinajstić information content (AvgIpc) is 2.61. The van der Waals surface area contributed by atoms with E-state index in [1.807, 2.05) is 13.0 Å². The molecule has 1 aromatic carbocycles. The number of hydrogen-bond acceptors (Lipinski definition) is 3. The van der Waals surface area contributed by atoms with Gasteiger partial charge >= 0.3 is 6.03 Å². The van der Waals surface area contributed by atoms with E-state index < -0.39 is 0 Å². The van der Waals surface area contributed by atoms with Crippen LogP contribution in [-0.4, -0.2) is 43.5 Å². The molecule has 1 aromatic rings. The van der Waals surface area contributed by atoms with Crippen LogP contribution in [0, 0.1) is 6.92 Å². The molecule has 134 valence electrons. The number of amides is 2. The zero-order chi connectivity index (χ0) is 17.4. The van der Waals surface area contributed by atoms with E-state index in [2.05, 4.69) is 35.8 Å². The van der Waals surface area contributed by atoms with Crippen molar-refractivity contribution in [3.8, 4) is 0 Å². The number of aliphatic hydroxyl groups excluding tert-OH is 1. The van der Waals surface area contributed by atoms with Crippen molar-refractivity contribution in [3.05, 3.63) is 35.4 Å². The van der Waals surface area contributed by atoms with Crippen LogP contribution in [0.15, 0.2) is 24.3 Å². The van der Waals surface area contributed by atoms with Gasteiger partial charge in [-0.1, -0.05) is 31.2 Å². The Labute approximate surface area is 144 Å². The van der Waals surface area contributed by atoms with Gasteiger partial charge in [0.2, 0.25) is 0 Å². The number of hydrogen-bond donors (Lipinski definition) is 3. The Morgan fingerprint density at radius 2 is 2.00 bits per heavy atom. The van der Waals surface area contributed by atoms with E-state index in [1.165, 1.54) is 11.1 Å². The molecule has 2 amide bonds. The number of rotatable bonds is 7. The number of urea groups is 1. The first-order valence-corrected chi connectivity index (χ1v) is 8.91. The lowest BCUT2D eigenvalue weighted by atomic mass is 9.72. The number of nitrogens with one attached hydrogen (secondary N) is 2. The van der Waals surface area contributed by atoms with Crippen molar-refractivity contribution in [1.82, 2.24) is 10.6 Å². The molecule has 0 saturated carbocycles. The van der Waals surface area contributed by atoms with Crippen LogP contribution in [0.3, 0.4) is 0 Å². The van der Waals surface area contributed by atoms with E-state index in [4.69, 9.17) is 4.74 Å². The van der Waals surface area contributed by atoms with Gasteiger partial charge in [-0.15, -0.1) is 0 Å². The second-order valence-corrected chi connectivity index (χ2v) is 6.67. The summed E-state index contributed by atoms with van der Waals surface area (Å²) in [7, 11) is 0. The average molecular weight is 334 g/mol. The third-order valence-electron chi connectivity index (χ3n) is 4.99. The molecule has 0 aromatic heterocycles. The Morgan fingerprint density at radius 3 is 2.67 bits per heavy atom. The summed E-state index contributed by atoms with van der Waals surface area (Å²) < 4.78 is 5.54. The first-order chi connectivity index (χ1) is 11.6. The fourth-order valence-electron chi connectivity index (χ4n) is 3.34. The first-order valence-electron chi connectivity index (χ1n) is 8.91. The van der Waals surface area contributed by atoms with Crippen molar-refractivity contribution >= 4 is 6.03 Å². The zero-order valence-electron chi connectivity index (χ0n) is 14.8. The Bertz CT molecular complexity index is 527. The fourth-order valence-corrected chi connectivity index (χ4v) is 3.34. The van der Waals surface area contributed by atoms with Crippen LogP contribution in [0.1, 0.15) is 43.7 Å². The van der Waals surface area contributed by atoms with Crippen molar-refractivity contribution < 1.29 is 14.6 Å². The number of carbonyl (C=O) groups excluding carboxylic acids is 1. The molecule has 5 heteroatoms. The topological polar surface area (TPSA) is 70.6 Å². The van der Waals surface area contributed by atoms with E-state index in [-0.39, 0.29) is 17.6 Å². The molecule has 1 heterocycles. The van der Waals surface area contributed by atoms with Gasteiger partial charge in [-0.2, -0.15) is 0 Å². The van der Waals surface area contributed by atoms with Crippen LogP contribution in [0.4, 0.5) is 4.79 Å². The molecule has 0 bridgehead atoms. The standard InChI is InChI=1S/C19H30N2O3/c1-3-16(22)8-11-20-18(23)21-14-19(9-12-24-13-10-19)17-7-5-4-6-15(17)2/h4-7,16,22H,3,8-14H2,1-2H3,(H2,20,21,23). The predicted octanol–water partition coefficient (Wildman–Crippen LogP) is 2.50. The molecule has 1 unspecified atom stereocenters. The second-order valence-electron chi connectivity index (χ2n) is 6.67. The highest BCUT2D eigenvalue weighted by Gasteiger charge is 2.35. The lowest BCUT2D eigenvalue weighted by Crippen LogP contribution is -2.48. The molecule has 1 fully saturated rings. The first kappa shape index (κ1) is 18.7. The fraction of sp³-hybridized carbons (Fsp3) is 0.632. The summed E-state index contributed by atoms with van der Waals surface area (Å²) in [6, 6.07) is 8.23. The molecule has 1 aliphatic rings. The number of ether oxygens (including phenoxy) is 1. The van der Waals surface area contributed by atoms with Gasteiger partial charge in [0.15, 0.2) is 0 Å². The highest BCUT2D eigenvalue weighted by molar-refractivity contribution is 5.74. The Hall–Kier alpha value is -1.59. The SMILES string of the molecule is CCC(O)CCNC(=O)NCC1(c2ccccc2C)CCOCC1. The van der Waals surface area contributed by atoms with Crippen LogP contribution in [0.2, 0.25) is 0 Å². The van der Waals surface area contributed by atoms with E-state index >= 15 is 0 Å². The molecule has 3 N–H and O–H groups in total. The normalized spacial score (nSPS) is 18.0. The molecule has 0 aliphatic carbocycles. The second kappa shape index (κ2) is 9.04. The predicted molar refractivity (Wildman–Crippen MR) is 95.2 cm³/mol. The van der Waals surface area contributed by atoms with Crippen molar-refractivity contribution in [2.45, 2.75) is 51.0 Å². The van der Waals surface area contributed by atoms with Crippen molar-refractivity contribution in [2.24, 2.45) is 0 Å². The number of carbonyl (C=O) groups is 1. The highest BCUT2D eigenvalue weighted by Crippen LogP contribution is 2.36. The summed E-state index contributed by atoms with van der Waals surface area (Å²) in [6.07, 6.45) is 2.76. The highest BCUT2D eigenvalue weighted by atomic mass is 16.5. The summed E-state index contributed by atoms with van der Waals surface area (Å²) in [6.45, 7) is 6.59. The van der Waals surface area contributed by atoms with E-state index in [0.29, 0.717) is 25.9 Å². The summed E-state index contributed by atoms with van der Waals surface area (Å²) in [5.74, 6) is 0. The third-order valence-corrected chi connectivity index (χ3v) is 4.99. The smallest absolute Gasteiger partial charge is 0.314 e. The Balaban J connectivity index is 1.95. The molecule has 2 rings (SSSR count). The number of aryl methyl sites for hydroxylation is 1. The molecule has 5 nitrogen and oxygen atoms in total. The molecular weight excluding hydrogens is 304 g/mol. The van der Waals surface area contributed by atoms with Crippen LogP contribution in [-0.2, 0) is 10.2 Å². The van der Waals surface area contributed by atoms with Crippen molar-refractivity contribution in [2.75, 3.05) is 26.3 Å². The van der Waals surface area contributed by atoms with Crippen LogP contribution in [0.5, 0.6) is 0 Å². The van der Waals surface area contributed by atoms with Gasteiger partial charge in [0, 0.05) is 31.7 Å². The van der Waals surface area contributed by atoms with Gasteiger partial charge < -0.3 is 20.5 Å². The quantitative estimate of drug-likeness (QED) is 0.717. The van der Waals surface area contributed by atoms with E-state index in [9.17, 15) is 9.90 Å². The minimum absolute atomic E-state index is 0.0656. The van der Waals surface area contributed by atoms with Gasteiger partial charge in [0.1, 0.15) is 0 Å². The summed E-state index contributed by atoms with van der Waals surface area (Å²) in [4.78, 5) is 12.1. The maximum atomic E-state index is 12.1. The van der Waals surface area contributed by atoms with Crippen LogP contribution < -0.4 is 10.6 Å². The molecule has 1 aliphatic heterocycles. The summed E-state index contributed by atoms with van der Waals surface area (Å²) >= 11 is 0. The lowest BCUT2D eigenvalue weighted by molar-refractivity contribution is 0.0504. The van der Waals surface area contributed by atoms with E-state index in [0.717, 1.165) is 26.1 Å². The Morgan fingerprint density at radius 1 is 1.29 bits per heavy atom. The van der Waals surface area contributed by atoms with Gasteiger partial charge in [-0.05, 0) is 43.7 Å². The minimum Gasteiger partial charge on any atom is -0.393 e. The molecule has 0 radical (unpaired) electrons. The number of benzene rings is 1. The monoisotopic (exact) mass is 334 g/mol. The van der Waals surface area contributed by atoms with Crippen LogP contribution in [0.25, 0.3) is 0 Å². The zero-order valence-corrected chi connectivity index (χ0v) is 14.8. The maximum absolute atomic E-state index is 12.1. The lowest BCUT2D eigenvalue weighted by Gasteiger charge is -2.39. The largest absolute Gasteiger partial charge is 0.393 e. The van der Waals surface area contributed by atoms with E-state index in [1.54, 1.807) is 0 Å². The van der Waals surface area contributed by atoms with Crippen molar-refractivity contribution in [1.29, 1.82) is 0 Å². The van der Waals surface area contributed by atoms with Gasteiger partial charge in [-0.3, -0.25) is 0 Å². The van der Waals surface area contributed by atoms with Crippen molar-refractivity contribution in [3.63, 3.8) is 0 Å². The molecule has 1 saturated heterocycles. The Kier molecular flexibility index (Phi) is 7.06. The summed E-state index contributed by atoms with van der Waals surface area (Å²) in [5, 5.41) is 15.4. The van der Waals surface area contributed by atoms with Gasteiger partial charge in [0.05, 0.1) is 6.10 Å². The molecule has 1 atom stereocenters. The third kappa shape index (κ3) is 4.95. The molecule has 0 spiro atoms. The van der Waals surface area contributed by atoms with Crippen LogP contribution >= 0.6 is 0 Å². The molecular formula is C19H30N2O3.